The molecule has 0 spiro atoms. The van der Waals surface area contributed by atoms with Crippen LogP contribution in [0.4, 0.5) is 13.2 Å². The van der Waals surface area contributed by atoms with Crippen LogP contribution in [-0.2, 0) is 25.9 Å². The van der Waals surface area contributed by atoms with E-state index in [4.69, 9.17) is 15.2 Å². The zero-order valence-corrected chi connectivity index (χ0v) is 15.1. The molecular weight excluding hydrogens is 361 g/mol. The van der Waals surface area contributed by atoms with E-state index in [-0.39, 0.29) is 12.5 Å². The molecule has 0 aliphatic carbocycles. The Morgan fingerprint density at radius 1 is 1.07 bits per heavy atom. The largest absolute Gasteiger partial charge is 0.416 e. The molecule has 2 heterocycles. The number of nitrogens with one attached hydrogen (secondary N) is 1. The highest BCUT2D eigenvalue weighted by atomic mass is 19.4. The van der Waals surface area contributed by atoms with Gasteiger partial charge in [0.05, 0.1) is 11.1 Å². The number of halogens is 3. The van der Waals surface area contributed by atoms with Gasteiger partial charge in [-0.25, -0.2) is 0 Å². The molecule has 1 aromatic carbocycles. The van der Waals surface area contributed by atoms with Gasteiger partial charge in [-0.2, -0.15) is 13.2 Å². The zero-order chi connectivity index (χ0) is 19.5. The minimum Gasteiger partial charge on any atom is -0.381 e. The van der Waals surface area contributed by atoms with Crippen LogP contribution in [0.2, 0.25) is 0 Å². The van der Waals surface area contributed by atoms with Crippen LogP contribution in [0.15, 0.2) is 24.3 Å². The minimum atomic E-state index is -4.41. The summed E-state index contributed by atoms with van der Waals surface area (Å²) >= 11 is 0. The van der Waals surface area contributed by atoms with Gasteiger partial charge in [0.15, 0.2) is 0 Å². The van der Waals surface area contributed by atoms with Crippen molar-refractivity contribution in [1.82, 2.24) is 5.32 Å². The van der Waals surface area contributed by atoms with Crippen molar-refractivity contribution in [3.05, 3.63) is 35.4 Å². The average Bonchev–Trinajstić information content (AvgIpc) is 2.67. The summed E-state index contributed by atoms with van der Waals surface area (Å²) in [6.07, 6.45) is -2.48. The molecule has 150 valence electrons. The number of carbonyl (C=O) groups is 1. The van der Waals surface area contributed by atoms with E-state index in [1.165, 1.54) is 12.1 Å². The van der Waals surface area contributed by atoms with Crippen molar-refractivity contribution in [2.45, 2.75) is 42.8 Å². The number of hydrogen-bond donors (Lipinski definition) is 2. The van der Waals surface area contributed by atoms with Crippen LogP contribution in [0.5, 0.6) is 0 Å². The Bertz CT molecular complexity index is 666. The Labute approximate surface area is 156 Å². The number of carbonyl (C=O) groups excluding carboxylic acids is 1. The third-order valence-corrected chi connectivity index (χ3v) is 5.68. The predicted molar refractivity (Wildman–Crippen MR) is 93.2 cm³/mol. The van der Waals surface area contributed by atoms with E-state index < -0.39 is 22.7 Å². The molecule has 1 amide bonds. The first kappa shape index (κ1) is 20.1. The van der Waals surface area contributed by atoms with E-state index >= 15 is 0 Å². The maximum absolute atomic E-state index is 13.1. The van der Waals surface area contributed by atoms with E-state index in [1.807, 2.05) is 0 Å². The van der Waals surface area contributed by atoms with Crippen molar-refractivity contribution >= 4 is 5.91 Å². The normalized spacial score (nSPS) is 22.2. The fourth-order valence-electron chi connectivity index (χ4n) is 3.74. The van der Waals surface area contributed by atoms with E-state index in [0.29, 0.717) is 57.7 Å². The van der Waals surface area contributed by atoms with Gasteiger partial charge in [0.1, 0.15) is 0 Å². The maximum Gasteiger partial charge on any atom is 0.416 e. The van der Waals surface area contributed by atoms with Crippen molar-refractivity contribution in [2.24, 2.45) is 5.73 Å². The molecule has 0 atom stereocenters. The number of nitrogens with two attached hydrogens (primary N) is 1. The molecule has 2 aliphatic rings. The molecule has 2 saturated heterocycles. The lowest BCUT2D eigenvalue weighted by atomic mass is 9.73. The van der Waals surface area contributed by atoms with Gasteiger partial charge in [-0.15, -0.1) is 0 Å². The Morgan fingerprint density at radius 2 is 1.67 bits per heavy atom. The second kappa shape index (κ2) is 7.77. The lowest BCUT2D eigenvalue weighted by Crippen LogP contribution is -2.59. The fraction of sp³-hybridized carbons (Fsp3) is 0.632. The van der Waals surface area contributed by atoms with Crippen LogP contribution in [0.3, 0.4) is 0 Å². The zero-order valence-electron chi connectivity index (χ0n) is 15.1. The van der Waals surface area contributed by atoms with E-state index in [1.54, 1.807) is 6.07 Å². The van der Waals surface area contributed by atoms with Crippen LogP contribution < -0.4 is 11.1 Å². The number of benzene rings is 1. The van der Waals surface area contributed by atoms with Gasteiger partial charge < -0.3 is 20.5 Å². The SMILES string of the molecule is NC1(C(=O)NCC2(c3cccc(C(F)(F)F)c3)CCOCC2)CCOCC1. The first-order chi connectivity index (χ1) is 12.8. The molecule has 8 heteroatoms. The molecule has 3 rings (SSSR count). The highest BCUT2D eigenvalue weighted by Gasteiger charge is 2.40. The molecule has 0 aromatic heterocycles. The van der Waals surface area contributed by atoms with Gasteiger partial charge in [-0.3, -0.25) is 4.79 Å². The van der Waals surface area contributed by atoms with Crippen molar-refractivity contribution in [1.29, 1.82) is 0 Å². The van der Waals surface area contributed by atoms with Crippen molar-refractivity contribution in [3.8, 4) is 0 Å². The summed E-state index contributed by atoms with van der Waals surface area (Å²) in [6, 6.07) is 5.36. The van der Waals surface area contributed by atoms with Crippen LogP contribution >= 0.6 is 0 Å². The van der Waals surface area contributed by atoms with Gasteiger partial charge in [-0.05, 0) is 37.3 Å². The molecule has 1 aromatic rings. The summed E-state index contributed by atoms with van der Waals surface area (Å²) in [5.74, 6) is -0.274. The van der Waals surface area contributed by atoms with E-state index in [0.717, 1.165) is 6.07 Å². The van der Waals surface area contributed by atoms with Gasteiger partial charge in [-0.1, -0.05) is 18.2 Å². The summed E-state index contributed by atoms with van der Waals surface area (Å²) in [5, 5.41) is 2.90. The molecule has 5 nitrogen and oxygen atoms in total. The molecule has 0 unspecified atom stereocenters. The molecule has 27 heavy (non-hydrogen) atoms. The molecule has 0 saturated carbocycles. The monoisotopic (exact) mass is 386 g/mol. The summed E-state index contributed by atoms with van der Waals surface area (Å²) in [6.45, 7) is 1.96. The molecule has 2 fully saturated rings. The standard InChI is InChI=1S/C19H25F3N2O3/c20-19(21,22)15-3-1-2-14(12-15)17(4-8-26-9-5-17)13-24-16(25)18(23)6-10-27-11-7-18/h1-3,12H,4-11,13,23H2,(H,24,25). The van der Waals surface area contributed by atoms with Crippen LogP contribution in [0.1, 0.15) is 36.8 Å². The number of amides is 1. The second-order valence-electron chi connectivity index (χ2n) is 7.42. The molecule has 0 radical (unpaired) electrons. The second-order valence-corrected chi connectivity index (χ2v) is 7.42. The highest BCUT2D eigenvalue weighted by molar-refractivity contribution is 5.86. The minimum absolute atomic E-state index is 0.232. The highest BCUT2D eigenvalue weighted by Crippen LogP contribution is 2.38. The summed E-state index contributed by atoms with van der Waals surface area (Å²) in [7, 11) is 0. The summed E-state index contributed by atoms with van der Waals surface area (Å²) in [4.78, 5) is 12.7. The lowest BCUT2D eigenvalue weighted by Gasteiger charge is -2.40. The Morgan fingerprint density at radius 3 is 2.26 bits per heavy atom. The Kier molecular flexibility index (Phi) is 5.79. The first-order valence-electron chi connectivity index (χ1n) is 9.16. The van der Waals surface area contributed by atoms with E-state index in [2.05, 4.69) is 5.32 Å². The van der Waals surface area contributed by atoms with Gasteiger partial charge >= 0.3 is 6.18 Å². The Balaban J connectivity index is 1.80. The van der Waals surface area contributed by atoms with Crippen molar-refractivity contribution < 1.29 is 27.4 Å². The topological polar surface area (TPSA) is 73.6 Å². The van der Waals surface area contributed by atoms with Crippen LogP contribution in [-0.4, -0.2) is 44.4 Å². The lowest BCUT2D eigenvalue weighted by molar-refractivity contribution is -0.137. The molecule has 2 aliphatic heterocycles. The van der Waals surface area contributed by atoms with Crippen molar-refractivity contribution in [2.75, 3.05) is 33.0 Å². The third kappa shape index (κ3) is 4.44. The molecular formula is C19H25F3N2O3. The maximum atomic E-state index is 13.1. The summed E-state index contributed by atoms with van der Waals surface area (Å²) < 4.78 is 50.1. The predicted octanol–water partition coefficient (Wildman–Crippen LogP) is 2.38. The number of alkyl halides is 3. The Hall–Kier alpha value is -1.64. The molecule has 0 bridgehead atoms. The van der Waals surface area contributed by atoms with Crippen LogP contribution in [0.25, 0.3) is 0 Å². The third-order valence-electron chi connectivity index (χ3n) is 5.68. The van der Waals surface area contributed by atoms with Gasteiger partial charge in [0, 0.05) is 38.4 Å². The first-order valence-corrected chi connectivity index (χ1v) is 9.16. The smallest absolute Gasteiger partial charge is 0.381 e. The van der Waals surface area contributed by atoms with E-state index in [9.17, 15) is 18.0 Å². The average molecular weight is 386 g/mol. The number of hydrogen-bond acceptors (Lipinski definition) is 4. The number of rotatable bonds is 4. The van der Waals surface area contributed by atoms with Crippen molar-refractivity contribution in [3.63, 3.8) is 0 Å². The van der Waals surface area contributed by atoms with Gasteiger partial charge in [0.25, 0.3) is 0 Å². The van der Waals surface area contributed by atoms with Crippen LogP contribution in [0, 0.1) is 0 Å². The fourth-order valence-corrected chi connectivity index (χ4v) is 3.74. The van der Waals surface area contributed by atoms with Gasteiger partial charge in [0.2, 0.25) is 5.91 Å². The quantitative estimate of drug-likeness (QED) is 0.833. The molecule has 3 N–H and O–H groups in total. The number of ether oxygens (including phenoxy) is 2. The summed E-state index contributed by atoms with van der Waals surface area (Å²) in [5.41, 5.74) is 4.51.